The summed E-state index contributed by atoms with van der Waals surface area (Å²) < 4.78 is 17.3. The van der Waals surface area contributed by atoms with Crippen LogP contribution in [0.1, 0.15) is 43.0 Å². The number of hydrogen-bond acceptors (Lipinski definition) is 4. The van der Waals surface area contributed by atoms with Crippen LogP contribution in [0.5, 0.6) is 5.75 Å². The zero-order valence-electron chi connectivity index (χ0n) is 16.0. The molecule has 2 fully saturated rings. The number of para-hydroxylation sites is 1. The Balaban J connectivity index is 1.85. The molecule has 3 atom stereocenters. The van der Waals surface area contributed by atoms with E-state index in [0.717, 1.165) is 31.3 Å². The third kappa shape index (κ3) is 3.51. The van der Waals surface area contributed by atoms with Crippen LogP contribution >= 0.6 is 0 Å². The Morgan fingerprint density at radius 1 is 1.31 bits per heavy atom. The van der Waals surface area contributed by atoms with Gasteiger partial charge in [-0.05, 0) is 50.3 Å². The van der Waals surface area contributed by atoms with E-state index in [1.807, 2.05) is 36.1 Å². The maximum absolute atomic E-state index is 13.3. The molecule has 1 aliphatic heterocycles. The van der Waals surface area contributed by atoms with Gasteiger partial charge in [0.2, 0.25) is 0 Å². The van der Waals surface area contributed by atoms with Crippen molar-refractivity contribution in [2.45, 2.75) is 50.4 Å². The molecule has 1 aliphatic carbocycles. The Bertz CT molecular complexity index is 674. The summed E-state index contributed by atoms with van der Waals surface area (Å²) in [5, 5.41) is 0. The molecule has 5 nitrogen and oxygen atoms in total. The summed E-state index contributed by atoms with van der Waals surface area (Å²) in [4.78, 5) is 15.3. The first-order valence-corrected chi connectivity index (χ1v) is 9.26. The second kappa shape index (κ2) is 7.80. The highest BCUT2D eigenvalue weighted by Crippen LogP contribution is 2.44. The molecule has 26 heavy (non-hydrogen) atoms. The van der Waals surface area contributed by atoms with Crippen LogP contribution in [0.15, 0.2) is 36.4 Å². The minimum atomic E-state index is -0.252. The van der Waals surface area contributed by atoms with E-state index in [1.54, 1.807) is 14.2 Å². The van der Waals surface area contributed by atoms with E-state index in [1.165, 1.54) is 0 Å². The van der Waals surface area contributed by atoms with Gasteiger partial charge in [0.1, 0.15) is 12.4 Å². The molecule has 1 heterocycles. The minimum absolute atomic E-state index is 0.00277. The van der Waals surface area contributed by atoms with Gasteiger partial charge in [-0.1, -0.05) is 18.7 Å². The number of fused-ring (bicyclic) bond motifs is 1. The van der Waals surface area contributed by atoms with E-state index in [2.05, 4.69) is 6.58 Å². The fourth-order valence-corrected chi connectivity index (χ4v) is 4.24. The van der Waals surface area contributed by atoms with Gasteiger partial charge in [-0.2, -0.15) is 0 Å². The lowest BCUT2D eigenvalue weighted by Crippen LogP contribution is -2.53. The van der Waals surface area contributed by atoms with Crippen LogP contribution in [0.2, 0.25) is 0 Å². The van der Waals surface area contributed by atoms with Crippen molar-refractivity contribution < 1.29 is 19.0 Å². The van der Waals surface area contributed by atoms with Crippen molar-refractivity contribution >= 4 is 5.91 Å². The second-order valence-electron chi connectivity index (χ2n) is 7.41. The Morgan fingerprint density at radius 3 is 2.77 bits per heavy atom. The quantitative estimate of drug-likeness (QED) is 0.730. The summed E-state index contributed by atoms with van der Waals surface area (Å²) >= 11 is 0. The lowest BCUT2D eigenvalue weighted by molar-refractivity contribution is -0.0893. The smallest absolute Gasteiger partial charge is 0.257 e. The fraction of sp³-hybridized carbons (Fsp3) is 0.571. The molecule has 0 spiro atoms. The third-order valence-corrected chi connectivity index (χ3v) is 5.73. The minimum Gasteiger partial charge on any atom is -0.488 e. The number of hydrogen-bond donors (Lipinski definition) is 0. The Labute approximate surface area is 155 Å². The molecule has 0 aromatic heterocycles. The number of carbonyl (C=O) groups is 1. The molecule has 0 N–H and O–H groups in total. The molecule has 3 rings (SSSR count). The highest BCUT2D eigenvalue weighted by molar-refractivity contribution is 5.97. The zero-order valence-corrected chi connectivity index (χ0v) is 16.0. The predicted molar refractivity (Wildman–Crippen MR) is 101 cm³/mol. The number of likely N-dealkylation sites (tertiary alicyclic amines) is 1. The molecule has 2 aliphatic rings. The highest BCUT2D eigenvalue weighted by atomic mass is 16.5. The van der Waals surface area contributed by atoms with Crippen LogP contribution in [-0.2, 0) is 9.47 Å². The molecular formula is C21H29NO4. The number of benzene rings is 1. The molecule has 1 saturated heterocycles. The molecule has 0 radical (unpaired) electrons. The Kier molecular flexibility index (Phi) is 5.68. The van der Waals surface area contributed by atoms with Gasteiger partial charge in [0.25, 0.3) is 5.91 Å². The summed E-state index contributed by atoms with van der Waals surface area (Å²) in [6.45, 7) is 6.87. The van der Waals surface area contributed by atoms with Gasteiger partial charge >= 0.3 is 0 Å². The van der Waals surface area contributed by atoms with E-state index in [-0.39, 0.29) is 23.7 Å². The topological polar surface area (TPSA) is 48.0 Å². The van der Waals surface area contributed by atoms with Crippen LogP contribution in [0.25, 0.3) is 0 Å². The average Bonchev–Trinajstić information content (AvgIpc) is 3.05. The first-order valence-electron chi connectivity index (χ1n) is 9.26. The number of amides is 1. The maximum Gasteiger partial charge on any atom is 0.257 e. The summed E-state index contributed by atoms with van der Waals surface area (Å²) in [6, 6.07) is 7.47. The lowest BCUT2D eigenvalue weighted by Gasteiger charge is -2.43. The van der Waals surface area contributed by atoms with Gasteiger partial charge in [0.15, 0.2) is 0 Å². The normalized spacial score (nSPS) is 27.9. The van der Waals surface area contributed by atoms with Gasteiger partial charge in [0.05, 0.1) is 23.3 Å². The van der Waals surface area contributed by atoms with E-state index < -0.39 is 0 Å². The van der Waals surface area contributed by atoms with Gasteiger partial charge in [-0.15, -0.1) is 0 Å². The van der Waals surface area contributed by atoms with Gasteiger partial charge in [-0.25, -0.2) is 0 Å². The van der Waals surface area contributed by atoms with Crippen LogP contribution in [-0.4, -0.2) is 55.9 Å². The van der Waals surface area contributed by atoms with Crippen LogP contribution in [0, 0.1) is 0 Å². The molecule has 0 unspecified atom stereocenters. The van der Waals surface area contributed by atoms with Crippen LogP contribution in [0.4, 0.5) is 0 Å². The molecule has 1 aromatic carbocycles. The first-order chi connectivity index (χ1) is 12.5. The zero-order chi connectivity index (χ0) is 18.7. The SMILES string of the molecule is C=C(C)COc1ccccc1C(=O)N1CC[C@]2(OC)CC[C@H](OC)C[C@H]12. The average molecular weight is 359 g/mol. The largest absolute Gasteiger partial charge is 0.488 e. The number of nitrogens with zero attached hydrogens (tertiary/aromatic N) is 1. The first kappa shape index (κ1) is 18.9. The van der Waals surface area contributed by atoms with E-state index >= 15 is 0 Å². The number of carbonyl (C=O) groups excluding carboxylic acids is 1. The number of ether oxygens (including phenoxy) is 3. The van der Waals surface area contributed by atoms with E-state index in [9.17, 15) is 4.79 Å². The monoisotopic (exact) mass is 359 g/mol. The van der Waals surface area contributed by atoms with Crippen molar-refractivity contribution in [3.8, 4) is 5.75 Å². The Hall–Kier alpha value is -1.85. The van der Waals surface area contributed by atoms with E-state index in [0.29, 0.717) is 24.5 Å². The van der Waals surface area contributed by atoms with Crippen LogP contribution in [0.3, 0.4) is 0 Å². The third-order valence-electron chi connectivity index (χ3n) is 5.73. The van der Waals surface area contributed by atoms with E-state index in [4.69, 9.17) is 14.2 Å². The van der Waals surface area contributed by atoms with Crippen molar-refractivity contribution in [1.82, 2.24) is 4.90 Å². The van der Waals surface area contributed by atoms with Crippen molar-refractivity contribution in [3.05, 3.63) is 42.0 Å². The van der Waals surface area contributed by atoms with Crippen molar-refractivity contribution in [2.75, 3.05) is 27.4 Å². The molecule has 1 aromatic rings. The summed E-state index contributed by atoms with van der Waals surface area (Å²) in [5.74, 6) is 0.609. The lowest BCUT2D eigenvalue weighted by atomic mass is 9.79. The molecule has 1 saturated carbocycles. The summed E-state index contributed by atoms with van der Waals surface area (Å²) in [5.41, 5.74) is 1.26. The molecule has 5 heteroatoms. The molecule has 1 amide bonds. The Morgan fingerprint density at radius 2 is 2.08 bits per heavy atom. The van der Waals surface area contributed by atoms with Crippen molar-refractivity contribution in [3.63, 3.8) is 0 Å². The fourth-order valence-electron chi connectivity index (χ4n) is 4.24. The molecule has 0 bridgehead atoms. The second-order valence-corrected chi connectivity index (χ2v) is 7.41. The number of rotatable bonds is 6. The summed E-state index contributed by atoms with van der Waals surface area (Å²) in [6.07, 6.45) is 3.74. The molecule has 142 valence electrons. The highest BCUT2D eigenvalue weighted by Gasteiger charge is 2.52. The van der Waals surface area contributed by atoms with Gasteiger partial charge in [0, 0.05) is 20.8 Å². The summed E-state index contributed by atoms with van der Waals surface area (Å²) in [7, 11) is 3.50. The number of methoxy groups -OCH3 is 2. The van der Waals surface area contributed by atoms with Crippen molar-refractivity contribution in [2.24, 2.45) is 0 Å². The van der Waals surface area contributed by atoms with Gasteiger partial charge in [-0.3, -0.25) is 4.79 Å². The molecular weight excluding hydrogens is 330 g/mol. The standard InChI is InChI=1S/C21H29NO4/c1-15(2)14-26-18-8-6-5-7-17(18)20(23)22-12-11-21(25-4)10-9-16(24-3)13-19(21)22/h5-8,16,19H,1,9-14H2,2-4H3/t16-,19-,21+/m0/s1. The predicted octanol–water partition coefficient (Wildman–Crippen LogP) is 3.44. The van der Waals surface area contributed by atoms with Crippen molar-refractivity contribution in [1.29, 1.82) is 0 Å². The van der Waals surface area contributed by atoms with Crippen LogP contribution < -0.4 is 4.74 Å². The van der Waals surface area contributed by atoms with Gasteiger partial charge < -0.3 is 19.1 Å². The maximum atomic E-state index is 13.3.